The number of aromatic nitrogens is 2. The predicted octanol–water partition coefficient (Wildman–Crippen LogP) is 3.81. The fraction of sp³-hybridized carbons (Fsp3) is 0.263. The third-order valence-electron chi connectivity index (χ3n) is 3.77. The number of hydrogen-bond acceptors (Lipinski definition) is 2. The van der Waals surface area contributed by atoms with Gasteiger partial charge in [0.2, 0.25) is 5.91 Å². The average Bonchev–Trinajstić information content (AvgIpc) is 2.95. The van der Waals surface area contributed by atoms with Gasteiger partial charge in [0.25, 0.3) is 0 Å². The maximum absolute atomic E-state index is 12.5. The molecule has 0 bridgehead atoms. The fourth-order valence-corrected chi connectivity index (χ4v) is 2.41. The van der Waals surface area contributed by atoms with Crippen molar-refractivity contribution in [2.24, 2.45) is 5.41 Å². The van der Waals surface area contributed by atoms with Gasteiger partial charge in [-0.2, -0.15) is 0 Å². The number of fused-ring (bicyclic) bond motifs is 1. The van der Waals surface area contributed by atoms with E-state index in [2.05, 4.69) is 15.3 Å². The summed E-state index contributed by atoms with van der Waals surface area (Å²) in [5, 5.41) is 3.12. The summed E-state index contributed by atoms with van der Waals surface area (Å²) < 4.78 is 0. The van der Waals surface area contributed by atoms with Crippen molar-refractivity contribution >= 4 is 16.9 Å². The molecular weight excluding hydrogens is 286 g/mol. The zero-order chi connectivity index (χ0) is 16.4. The van der Waals surface area contributed by atoms with Gasteiger partial charge >= 0.3 is 0 Å². The zero-order valence-electron chi connectivity index (χ0n) is 13.6. The molecule has 0 aliphatic rings. The SMILES string of the molecule is CC(C)(C)C(=O)NC(c1ccccc1)c1nc2ccccc2[nH]1. The molecule has 0 saturated carbocycles. The second-order valence-corrected chi connectivity index (χ2v) is 6.71. The van der Waals surface area contributed by atoms with Crippen LogP contribution in [0.2, 0.25) is 0 Å². The second kappa shape index (κ2) is 5.88. The topological polar surface area (TPSA) is 57.8 Å². The molecule has 0 aliphatic carbocycles. The Morgan fingerprint density at radius 1 is 1.04 bits per heavy atom. The Kier molecular flexibility index (Phi) is 3.90. The average molecular weight is 307 g/mol. The molecule has 1 atom stereocenters. The van der Waals surface area contributed by atoms with Gasteiger partial charge in [-0.25, -0.2) is 4.98 Å². The van der Waals surface area contributed by atoms with Gasteiger partial charge in [0, 0.05) is 5.41 Å². The minimum Gasteiger partial charge on any atom is -0.342 e. The lowest BCUT2D eigenvalue weighted by atomic mass is 9.94. The van der Waals surface area contributed by atoms with Gasteiger partial charge in [0.05, 0.1) is 11.0 Å². The van der Waals surface area contributed by atoms with E-state index in [1.54, 1.807) is 0 Å². The monoisotopic (exact) mass is 307 g/mol. The van der Waals surface area contributed by atoms with E-state index in [1.807, 2.05) is 75.4 Å². The number of nitrogens with one attached hydrogen (secondary N) is 2. The zero-order valence-corrected chi connectivity index (χ0v) is 13.6. The molecular formula is C19H21N3O. The number of carbonyl (C=O) groups excluding carboxylic acids is 1. The Balaban J connectivity index is 2.02. The van der Waals surface area contributed by atoms with Crippen LogP contribution in [0.5, 0.6) is 0 Å². The van der Waals surface area contributed by atoms with E-state index < -0.39 is 5.41 Å². The van der Waals surface area contributed by atoms with Crippen molar-refractivity contribution in [3.05, 3.63) is 66.0 Å². The predicted molar refractivity (Wildman–Crippen MR) is 92.0 cm³/mol. The quantitative estimate of drug-likeness (QED) is 0.773. The van der Waals surface area contributed by atoms with Crippen LogP contribution in [0.15, 0.2) is 54.6 Å². The van der Waals surface area contributed by atoms with E-state index in [4.69, 9.17) is 0 Å². The van der Waals surface area contributed by atoms with Gasteiger partial charge in [0.1, 0.15) is 11.9 Å². The number of rotatable bonds is 3. The molecule has 2 N–H and O–H groups in total. The summed E-state index contributed by atoms with van der Waals surface area (Å²) in [4.78, 5) is 20.5. The van der Waals surface area contributed by atoms with Crippen LogP contribution in [0.1, 0.15) is 38.2 Å². The number of H-pyrrole nitrogens is 1. The molecule has 1 aromatic heterocycles. The number of aromatic amines is 1. The molecule has 4 nitrogen and oxygen atoms in total. The largest absolute Gasteiger partial charge is 0.342 e. The van der Waals surface area contributed by atoms with E-state index >= 15 is 0 Å². The van der Waals surface area contributed by atoms with Crippen LogP contribution < -0.4 is 5.32 Å². The molecule has 1 unspecified atom stereocenters. The minimum absolute atomic E-state index is 0.00758. The van der Waals surface area contributed by atoms with Crippen LogP contribution in [0, 0.1) is 5.41 Å². The Bertz CT molecular complexity index is 782. The number of imidazole rings is 1. The highest BCUT2D eigenvalue weighted by molar-refractivity contribution is 5.82. The van der Waals surface area contributed by atoms with Crippen LogP contribution >= 0.6 is 0 Å². The maximum atomic E-state index is 12.5. The number of benzene rings is 2. The second-order valence-electron chi connectivity index (χ2n) is 6.71. The molecule has 0 spiro atoms. The van der Waals surface area contributed by atoms with Gasteiger partial charge in [-0.3, -0.25) is 4.79 Å². The van der Waals surface area contributed by atoms with Crippen molar-refractivity contribution in [2.45, 2.75) is 26.8 Å². The van der Waals surface area contributed by atoms with E-state index in [1.165, 1.54) is 0 Å². The minimum atomic E-state index is -0.459. The Labute approximate surface area is 136 Å². The molecule has 0 radical (unpaired) electrons. The molecule has 0 fully saturated rings. The van der Waals surface area contributed by atoms with Crippen LogP contribution in [-0.2, 0) is 4.79 Å². The molecule has 0 aliphatic heterocycles. The third-order valence-corrected chi connectivity index (χ3v) is 3.77. The number of amides is 1. The first-order valence-electron chi connectivity index (χ1n) is 7.76. The lowest BCUT2D eigenvalue weighted by Gasteiger charge is -2.23. The summed E-state index contributed by atoms with van der Waals surface area (Å²) >= 11 is 0. The summed E-state index contributed by atoms with van der Waals surface area (Å²) in [6.45, 7) is 5.72. The molecule has 1 amide bonds. The van der Waals surface area contributed by atoms with E-state index in [0.717, 1.165) is 22.4 Å². The van der Waals surface area contributed by atoms with Crippen molar-refractivity contribution < 1.29 is 4.79 Å². The smallest absolute Gasteiger partial charge is 0.226 e. The normalized spacial score (nSPS) is 13.0. The van der Waals surface area contributed by atoms with Crippen molar-refractivity contribution in [3.63, 3.8) is 0 Å². The van der Waals surface area contributed by atoms with E-state index in [-0.39, 0.29) is 11.9 Å². The number of nitrogens with zero attached hydrogens (tertiary/aromatic N) is 1. The molecule has 118 valence electrons. The summed E-state index contributed by atoms with van der Waals surface area (Å²) in [6.07, 6.45) is 0. The summed E-state index contributed by atoms with van der Waals surface area (Å²) in [6, 6.07) is 17.5. The lowest BCUT2D eigenvalue weighted by Crippen LogP contribution is -2.38. The van der Waals surface area contributed by atoms with Crippen LogP contribution in [0.4, 0.5) is 0 Å². The first-order chi connectivity index (χ1) is 10.9. The molecule has 3 rings (SSSR count). The highest BCUT2D eigenvalue weighted by atomic mass is 16.2. The van der Waals surface area contributed by atoms with Gasteiger partial charge in [-0.1, -0.05) is 63.2 Å². The molecule has 4 heteroatoms. The number of hydrogen-bond donors (Lipinski definition) is 2. The van der Waals surface area contributed by atoms with Crippen LogP contribution in [0.25, 0.3) is 11.0 Å². The first kappa shape index (κ1) is 15.3. The molecule has 1 heterocycles. The fourth-order valence-electron chi connectivity index (χ4n) is 2.41. The summed E-state index contributed by atoms with van der Waals surface area (Å²) in [5.41, 5.74) is 2.41. The first-order valence-corrected chi connectivity index (χ1v) is 7.76. The van der Waals surface area contributed by atoms with Crippen molar-refractivity contribution in [1.82, 2.24) is 15.3 Å². The standard InChI is InChI=1S/C19H21N3O/c1-19(2,3)18(23)22-16(13-9-5-4-6-10-13)17-20-14-11-7-8-12-15(14)21-17/h4-12,16H,1-3H3,(H,20,21)(H,22,23). The van der Waals surface area contributed by atoms with E-state index in [0.29, 0.717) is 0 Å². The van der Waals surface area contributed by atoms with Gasteiger partial charge in [-0.15, -0.1) is 0 Å². The molecule has 0 saturated heterocycles. The highest BCUT2D eigenvalue weighted by Crippen LogP contribution is 2.24. The van der Waals surface area contributed by atoms with Crippen LogP contribution in [0.3, 0.4) is 0 Å². The molecule has 2 aromatic carbocycles. The summed E-state index contributed by atoms with van der Waals surface area (Å²) in [5.74, 6) is 0.738. The molecule has 3 aromatic rings. The Hall–Kier alpha value is -2.62. The van der Waals surface area contributed by atoms with Gasteiger partial charge in [-0.05, 0) is 17.7 Å². The van der Waals surface area contributed by atoms with Gasteiger partial charge in [0.15, 0.2) is 0 Å². The number of carbonyl (C=O) groups is 1. The highest BCUT2D eigenvalue weighted by Gasteiger charge is 2.27. The maximum Gasteiger partial charge on any atom is 0.226 e. The molecule has 23 heavy (non-hydrogen) atoms. The van der Waals surface area contributed by atoms with Gasteiger partial charge < -0.3 is 10.3 Å². The Morgan fingerprint density at radius 2 is 1.70 bits per heavy atom. The van der Waals surface area contributed by atoms with Crippen molar-refractivity contribution in [2.75, 3.05) is 0 Å². The van der Waals surface area contributed by atoms with Crippen molar-refractivity contribution in [1.29, 1.82) is 0 Å². The van der Waals surface area contributed by atoms with E-state index in [9.17, 15) is 4.79 Å². The lowest BCUT2D eigenvalue weighted by molar-refractivity contribution is -0.129. The Morgan fingerprint density at radius 3 is 2.35 bits per heavy atom. The third kappa shape index (κ3) is 3.26. The summed E-state index contributed by atoms with van der Waals surface area (Å²) in [7, 11) is 0. The van der Waals surface area contributed by atoms with Crippen LogP contribution in [-0.4, -0.2) is 15.9 Å². The van der Waals surface area contributed by atoms with Crippen molar-refractivity contribution in [3.8, 4) is 0 Å². The number of para-hydroxylation sites is 2.